The van der Waals surface area contributed by atoms with Crippen LogP contribution >= 0.6 is 11.6 Å². The lowest BCUT2D eigenvalue weighted by atomic mass is 10.2. The van der Waals surface area contributed by atoms with Gasteiger partial charge in [-0.25, -0.2) is 4.79 Å². The zero-order valence-electron chi connectivity index (χ0n) is 13.7. The van der Waals surface area contributed by atoms with E-state index < -0.39 is 18.0 Å². The van der Waals surface area contributed by atoms with Gasteiger partial charge in [0, 0.05) is 23.3 Å². The van der Waals surface area contributed by atoms with Gasteiger partial charge in [0.1, 0.15) is 0 Å². The Morgan fingerprint density at radius 1 is 1.00 bits per heavy atom. The second-order valence-corrected chi connectivity index (χ2v) is 5.75. The first-order chi connectivity index (χ1) is 11.8. The van der Waals surface area contributed by atoms with Crippen LogP contribution in [-0.2, 0) is 14.3 Å². The molecule has 0 spiro atoms. The summed E-state index contributed by atoms with van der Waals surface area (Å²) in [5, 5.41) is 5.68. The number of nitrogens with one attached hydrogen (secondary N) is 2. The van der Waals surface area contributed by atoms with Crippen LogP contribution in [0.15, 0.2) is 48.5 Å². The van der Waals surface area contributed by atoms with Crippen LogP contribution in [0.25, 0.3) is 0 Å². The van der Waals surface area contributed by atoms with E-state index in [2.05, 4.69) is 10.6 Å². The molecule has 2 aromatic rings. The average Bonchev–Trinajstić information content (AvgIpc) is 2.54. The van der Waals surface area contributed by atoms with Crippen LogP contribution in [0.3, 0.4) is 0 Å². The van der Waals surface area contributed by atoms with Gasteiger partial charge in [0.05, 0.1) is 5.56 Å². The normalized spacial score (nSPS) is 11.3. The zero-order valence-corrected chi connectivity index (χ0v) is 14.5. The molecule has 1 unspecified atom stereocenters. The zero-order chi connectivity index (χ0) is 18.4. The van der Waals surface area contributed by atoms with Gasteiger partial charge in [-0.05, 0) is 43.3 Å². The molecule has 0 saturated carbocycles. The molecule has 0 aliphatic carbocycles. The first-order valence-corrected chi connectivity index (χ1v) is 7.88. The third-order valence-electron chi connectivity index (χ3n) is 3.16. The lowest BCUT2D eigenvalue weighted by Crippen LogP contribution is -2.30. The maximum absolute atomic E-state index is 12.2. The van der Waals surface area contributed by atoms with Crippen LogP contribution in [0.1, 0.15) is 24.2 Å². The highest BCUT2D eigenvalue weighted by Crippen LogP contribution is 2.16. The molecule has 0 aromatic heterocycles. The molecule has 25 heavy (non-hydrogen) atoms. The molecule has 2 rings (SSSR count). The van der Waals surface area contributed by atoms with Crippen molar-refractivity contribution >= 4 is 40.8 Å². The Kier molecular flexibility index (Phi) is 6.14. The summed E-state index contributed by atoms with van der Waals surface area (Å²) in [5.74, 6) is -1.39. The fraction of sp³-hybridized carbons (Fsp3) is 0.167. The Hall–Kier alpha value is -2.86. The van der Waals surface area contributed by atoms with Gasteiger partial charge in [0.25, 0.3) is 5.91 Å². The van der Waals surface area contributed by atoms with Crippen molar-refractivity contribution in [3.05, 3.63) is 59.1 Å². The fourth-order valence-electron chi connectivity index (χ4n) is 2.02. The number of amides is 2. The van der Waals surface area contributed by atoms with Gasteiger partial charge < -0.3 is 15.4 Å². The predicted octanol–water partition coefficient (Wildman–Crippen LogP) is 3.48. The van der Waals surface area contributed by atoms with E-state index in [9.17, 15) is 14.4 Å². The molecule has 6 nitrogen and oxygen atoms in total. The van der Waals surface area contributed by atoms with Gasteiger partial charge in [-0.2, -0.15) is 0 Å². The third kappa shape index (κ3) is 5.61. The van der Waals surface area contributed by atoms with E-state index in [1.54, 1.807) is 36.4 Å². The molecule has 0 aliphatic rings. The highest BCUT2D eigenvalue weighted by atomic mass is 35.5. The number of rotatable bonds is 5. The van der Waals surface area contributed by atoms with E-state index in [0.717, 1.165) is 0 Å². The Bertz CT molecular complexity index is 807. The maximum Gasteiger partial charge on any atom is 0.338 e. The first-order valence-electron chi connectivity index (χ1n) is 7.50. The van der Waals surface area contributed by atoms with Crippen LogP contribution in [0.2, 0.25) is 5.02 Å². The van der Waals surface area contributed by atoms with E-state index in [1.165, 1.54) is 26.0 Å². The smallest absolute Gasteiger partial charge is 0.338 e. The van der Waals surface area contributed by atoms with Crippen molar-refractivity contribution in [2.24, 2.45) is 0 Å². The number of ether oxygens (including phenoxy) is 1. The summed E-state index contributed by atoms with van der Waals surface area (Å²) in [4.78, 5) is 35.4. The number of anilines is 2. The Morgan fingerprint density at radius 2 is 1.64 bits per heavy atom. The van der Waals surface area contributed by atoms with Crippen molar-refractivity contribution in [3.8, 4) is 0 Å². The minimum Gasteiger partial charge on any atom is -0.449 e. The van der Waals surface area contributed by atoms with Crippen molar-refractivity contribution in [2.45, 2.75) is 20.0 Å². The molecule has 2 amide bonds. The summed E-state index contributed by atoms with van der Waals surface area (Å²) in [6.07, 6.45) is -1.00. The lowest BCUT2D eigenvalue weighted by molar-refractivity contribution is -0.123. The first kappa shape index (κ1) is 18.5. The molecular weight excluding hydrogens is 344 g/mol. The van der Waals surface area contributed by atoms with E-state index in [1.807, 2.05) is 0 Å². The van der Waals surface area contributed by atoms with E-state index in [4.69, 9.17) is 16.3 Å². The van der Waals surface area contributed by atoms with E-state index in [-0.39, 0.29) is 11.5 Å². The number of hydrogen-bond acceptors (Lipinski definition) is 4. The van der Waals surface area contributed by atoms with Gasteiger partial charge in [-0.15, -0.1) is 0 Å². The molecule has 130 valence electrons. The average molecular weight is 361 g/mol. The quantitative estimate of drug-likeness (QED) is 0.799. The topological polar surface area (TPSA) is 84.5 Å². The van der Waals surface area contributed by atoms with Crippen LogP contribution in [-0.4, -0.2) is 23.9 Å². The highest BCUT2D eigenvalue weighted by molar-refractivity contribution is 6.30. The summed E-state index contributed by atoms with van der Waals surface area (Å²) >= 11 is 5.86. The number of halogens is 1. The third-order valence-corrected chi connectivity index (χ3v) is 3.40. The molecule has 7 heteroatoms. The van der Waals surface area contributed by atoms with Crippen molar-refractivity contribution in [1.82, 2.24) is 0 Å². The standard InChI is InChI=1S/C18H17ClN2O4/c1-11(17(23)21-16-8-4-6-14(19)10-16)25-18(24)13-5-3-7-15(9-13)20-12(2)22/h3-11H,1-2H3,(H,20,22)(H,21,23). The van der Waals surface area contributed by atoms with E-state index in [0.29, 0.717) is 16.4 Å². The summed E-state index contributed by atoms with van der Waals surface area (Å²) in [7, 11) is 0. The number of carbonyl (C=O) groups excluding carboxylic acids is 3. The van der Waals surface area contributed by atoms with Crippen LogP contribution in [0, 0.1) is 0 Å². The monoisotopic (exact) mass is 360 g/mol. The van der Waals surface area contributed by atoms with Crippen LogP contribution in [0.5, 0.6) is 0 Å². The Morgan fingerprint density at radius 3 is 2.28 bits per heavy atom. The summed E-state index contributed by atoms with van der Waals surface area (Å²) in [5.41, 5.74) is 1.21. The SMILES string of the molecule is CC(=O)Nc1cccc(C(=O)OC(C)C(=O)Nc2cccc(Cl)c2)c1. The minimum atomic E-state index is -1.00. The number of esters is 1. The molecule has 0 fully saturated rings. The summed E-state index contributed by atoms with van der Waals surface area (Å²) < 4.78 is 5.16. The van der Waals surface area contributed by atoms with Crippen LogP contribution in [0.4, 0.5) is 11.4 Å². The van der Waals surface area contributed by atoms with Gasteiger partial charge in [-0.1, -0.05) is 23.7 Å². The fourth-order valence-corrected chi connectivity index (χ4v) is 2.21. The molecule has 0 bridgehead atoms. The molecular formula is C18H17ClN2O4. The van der Waals surface area contributed by atoms with Crippen molar-refractivity contribution in [2.75, 3.05) is 10.6 Å². The molecule has 0 radical (unpaired) electrons. The number of carbonyl (C=O) groups is 3. The summed E-state index contributed by atoms with van der Waals surface area (Å²) in [6, 6.07) is 12.9. The van der Waals surface area contributed by atoms with Crippen LogP contribution < -0.4 is 10.6 Å². The molecule has 1 atom stereocenters. The highest BCUT2D eigenvalue weighted by Gasteiger charge is 2.19. The molecule has 2 N–H and O–H groups in total. The minimum absolute atomic E-state index is 0.230. The Labute approximate surface area is 150 Å². The van der Waals surface area contributed by atoms with Crippen molar-refractivity contribution in [1.29, 1.82) is 0 Å². The van der Waals surface area contributed by atoms with Gasteiger partial charge in [0.2, 0.25) is 5.91 Å². The molecule has 0 aliphatic heterocycles. The predicted molar refractivity (Wildman–Crippen MR) is 95.7 cm³/mol. The maximum atomic E-state index is 12.2. The van der Waals surface area contributed by atoms with Gasteiger partial charge >= 0.3 is 5.97 Å². The molecule has 2 aromatic carbocycles. The lowest BCUT2D eigenvalue weighted by Gasteiger charge is -2.14. The molecule has 0 saturated heterocycles. The largest absolute Gasteiger partial charge is 0.449 e. The second kappa shape index (κ2) is 8.30. The summed E-state index contributed by atoms with van der Waals surface area (Å²) in [6.45, 7) is 2.84. The molecule has 0 heterocycles. The number of hydrogen-bond donors (Lipinski definition) is 2. The number of benzene rings is 2. The van der Waals surface area contributed by atoms with E-state index >= 15 is 0 Å². The van der Waals surface area contributed by atoms with Crippen molar-refractivity contribution in [3.63, 3.8) is 0 Å². The van der Waals surface area contributed by atoms with Gasteiger partial charge in [0.15, 0.2) is 6.10 Å². The van der Waals surface area contributed by atoms with Gasteiger partial charge in [-0.3, -0.25) is 9.59 Å². The van der Waals surface area contributed by atoms with Crippen molar-refractivity contribution < 1.29 is 19.1 Å². The Balaban J connectivity index is 1.99. The second-order valence-electron chi connectivity index (χ2n) is 5.31.